The second-order valence-electron chi connectivity index (χ2n) is 19.3. The fourth-order valence-electron chi connectivity index (χ4n) is 11.2. The van der Waals surface area contributed by atoms with Gasteiger partial charge in [-0.3, -0.25) is 9.55 Å². The molecule has 0 aliphatic heterocycles. The van der Waals surface area contributed by atoms with Crippen molar-refractivity contribution < 1.29 is 7.85 Å². The van der Waals surface area contributed by atoms with Crippen LogP contribution in [0.5, 0.6) is 5.75 Å². The molecule has 12 rings (SSSR count). The number of phenolic OH excluding ortho intramolecular Hbond substituents is 1. The van der Waals surface area contributed by atoms with E-state index in [4.69, 9.17) is 9.97 Å². The quantitative estimate of drug-likeness (QED) is 0.141. The van der Waals surface area contributed by atoms with Crippen LogP contribution in [-0.2, 0) is 6.37 Å². The lowest BCUT2D eigenvalue weighted by Crippen LogP contribution is -2.04. The number of aromatic nitrogens is 3. The van der Waals surface area contributed by atoms with Crippen molar-refractivity contribution in [2.24, 2.45) is 5.92 Å². The number of hydrogen-bond acceptors (Lipinski definition) is 3. The van der Waals surface area contributed by atoms with Gasteiger partial charge in [0.25, 0.3) is 0 Å². The Labute approximate surface area is 414 Å². The third kappa shape index (κ3) is 8.64. The molecule has 2 heterocycles. The molecule has 0 amide bonds. The van der Waals surface area contributed by atoms with Gasteiger partial charge >= 0.3 is 0 Å². The van der Waals surface area contributed by atoms with E-state index < -0.39 is 6.37 Å². The van der Waals surface area contributed by atoms with E-state index in [0.717, 1.165) is 98.2 Å². The topological polar surface area (TPSA) is 50.9 Å². The largest absolute Gasteiger partial charge is 0.507 e. The zero-order valence-electron chi connectivity index (χ0n) is 41.4. The van der Waals surface area contributed by atoms with E-state index >= 15 is 0 Å². The monoisotopic (exact) mass is 909 g/mol. The number of aromatic hydroxyl groups is 1. The van der Waals surface area contributed by atoms with Crippen LogP contribution >= 0.6 is 0 Å². The first kappa shape index (κ1) is 41.2. The second kappa shape index (κ2) is 19.3. The number of fused-ring (bicyclic) bond motifs is 1. The first-order chi connectivity index (χ1) is 35.4. The van der Waals surface area contributed by atoms with E-state index in [1.54, 1.807) is 0 Å². The van der Waals surface area contributed by atoms with Gasteiger partial charge < -0.3 is 5.11 Å². The lowest BCUT2D eigenvalue weighted by Gasteiger charge is -2.22. The van der Waals surface area contributed by atoms with Crippen molar-refractivity contribution in [3.63, 3.8) is 0 Å². The molecular weight excluding hydrogens is 851 g/mol. The highest BCUT2D eigenvalue weighted by Crippen LogP contribution is 2.45. The normalized spacial score (nSPS) is 15.0. The molecule has 0 atom stereocenters. The van der Waals surface area contributed by atoms with E-state index in [0.29, 0.717) is 28.4 Å². The summed E-state index contributed by atoms with van der Waals surface area (Å²) >= 11 is 0. The van der Waals surface area contributed by atoms with E-state index in [2.05, 4.69) is 132 Å². The molecule has 0 spiro atoms. The van der Waals surface area contributed by atoms with Gasteiger partial charge in [0.1, 0.15) is 11.6 Å². The van der Waals surface area contributed by atoms with Crippen molar-refractivity contribution in [2.75, 3.05) is 0 Å². The number of pyridine rings is 1. The molecule has 1 N–H and O–H groups in total. The maximum atomic E-state index is 12.4. The van der Waals surface area contributed by atoms with Crippen LogP contribution in [-0.4, -0.2) is 19.6 Å². The van der Waals surface area contributed by atoms with Crippen molar-refractivity contribution >= 4 is 11.0 Å². The van der Waals surface area contributed by atoms with Crippen molar-refractivity contribution in [2.45, 2.75) is 70.1 Å². The Morgan fingerprint density at radius 1 is 0.471 bits per heavy atom. The molecule has 70 heavy (non-hydrogen) atoms. The predicted octanol–water partition coefficient (Wildman–Crippen LogP) is 17.6. The summed E-state index contributed by atoms with van der Waals surface area (Å²) in [5.74, 6) is 1.34. The van der Waals surface area contributed by atoms with Gasteiger partial charge in [0.15, 0.2) is 0 Å². The number of nitrogens with zero attached hydrogens (tertiary/aromatic N) is 3. The van der Waals surface area contributed by atoms with Gasteiger partial charge in [-0.2, -0.15) is 0 Å². The van der Waals surface area contributed by atoms with Crippen molar-refractivity contribution in [1.29, 1.82) is 0 Å². The van der Waals surface area contributed by atoms with Crippen LogP contribution in [0.3, 0.4) is 0 Å². The molecule has 2 aliphatic carbocycles. The van der Waals surface area contributed by atoms with Gasteiger partial charge in [-0.05, 0) is 136 Å². The highest BCUT2D eigenvalue weighted by Gasteiger charge is 2.25. The fraction of sp³-hybridized carbons (Fsp3) is 0.182. The van der Waals surface area contributed by atoms with Crippen LogP contribution in [0.25, 0.3) is 95.0 Å². The molecule has 2 aliphatic rings. The molecule has 0 saturated heterocycles. The predicted molar refractivity (Wildman–Crippen MR) is 290 cm³/mol. The van der Waals surface area contributed by atoms with Crippen LogP contribution in [0, 0.1) is 5.92 Å². The Balaban J connectivity index is 1.06. The Bertz CT molecular complexity index is 3540. The second-order valence-corrected chi connectivity index (χ2v) is 19.3. The Kier molecular flexibility index (Phi) is 11.3. The van der Waals surface area contributed by atoms with Gasteiger partial charge in [-0.15, -0.1) is 0 Å². The molecule has 2 fully saturated rings. The minimum Gasteiger partial charge on any atom is -0.507 e. The zero-order valence-corrected chi connectivity index (χ0v) is 39.4. The van der Waals surface area contributed by atoms with Gasteiger partial charge in [0.2, 0.25) is 0 Å². The highest BCUT2D eigenvalue weighted by atomic mass is 16.3. The average Bonchev–Trinajstić information content (AvgIpc) is 4.14. The SMILES string of the molecule is [2H]C([2H])(c1ccc(-n2c(-c3cccc(-c4ccccc4)c3O)nc3c(-c4cc(-c5ccccc5)cc(-c5cc(-c6ccc(C7CCCCC7)cc6)ccn5)c4)cccc32)c(-c2ccccc2)c1)C1CCCC1. The molecule has 0 bridgehead atoms. The Morgan fingerprint density at radius 2 is 1.09 bits per heavy atom. The van der Waals surface area contributed by atoms with Gasteiger partial charge in [0, 0.05) is 31.2 Å². The lowest BCUT2D eigenvalue weighted by molar-refractivity contribution is 0.443. The summed E-state index contributed by atoms with van der Waals surface area (Å²) in [4.78, 5) is 10.6. The summed E-state index contributed by atoms with van der Waals surface area (Å²) in [6.45, 7) is 0. The molecule has 0 radical (unpaired) electrons. The number of para-hydroxylation sites is 2. The molecule has 8 aromatic carbocycles. The van der Waals surface area contributed by atoms with Gasteiger partial charge in [-0.1, -0.05) is 191 Å². The zero-order chi connectivity index (χ0) is 48.6. The number of imidazole rings is 1. The summed E-state index contributed by atoms with van der Waals surface area (Å²) in [5, 5.41) is 12.4. The van der Waals surface area contributed by atoms with Crippen LogP contribution in [0.4, 0.5) is 0 Å². The third-order valence-corrected chi connectivity index (χ3v) is 14.8. The summed E-state index contributed by atoms with van der Waals surface area (Å²) in [5.41, 5.74) is 17.0. The molecule has 10 aromatic rings. The molecule has 2 saturated carbocycles. The smallest absolute Gasteiger partial charge is 0.149 e. The maximum absolute atomic E-state index is 12.4. The minimum atomic E-state index is -1.50. The maximum Gasteiger partial charge on any atom is 0.149 e. The molecule has 4 nitrogen and oxygen atoms in total. The summed E-state index contributed by atoms with van der Waals surface area (Å²) in [6.07, 6.45) is 10.8. The number of hydrogen-bond donors (Lipinski definition) is 1. The molecule has 0 unspecified atom stereocenters. The molecule has 4 heteroatoms. The van der Waals surface area contributed by atoms with Crippen molar-refractivity contribution in [3.05, 3.63) is 218 Å². The lowest BCUT2D eigenvalue weighted by atomic mass is 9.84. The number of phenols is 1. The average molecular weight is 910 g/mol. The van der Waals surface area contributed by atoms with Crippen LogP contribution in [0.1, 0.15) is 77.6 Å². The fourth-order valence-corrected chi connectivity index (χ4v) is 11.2. The summed E-state index contributed by atoms with van der Waals surface area (Å²) in [6, 6.07) is 69.4. The van der Waals surface area contributed by atoms with Crippen molar-refractivity contribution in [3.8, 4) is 89.7 Å². The molecule has 342 valence electrons. The number of benzene rings is 8. The van der Waals surface area contributed by atoms with Crippen molar-refractivity contribution in [1.82, 2.24) is 14.5 Å². The highest BCUT2D eigenvalue weighted by molar-refractivity contribution is 5.99. The van der Waals surface area contributed by atoms with Crippen LogP contribution < -0.4 is 0 Å². The summed E-state index contributed by atoms with van der Waals surface area (Å²) in [7, 11) is 0. The molecular formula is C66H57N3O. The minimum absolute atomic E-state index is 0.0384. The standard InChI is InChI=1S/C66H57N3O/c70-65-58(51-23-9-3-10-24-51)28-15-29-59(65)66-68-64-57(27-16-30-63(64)69(66)62-36-31-46(39-45-17-13-14-18-45)40-60(62)52-25-11-4-12-26-52)55-41-54(48-21-7-2-8-22-48)42-56(43-55)61-44-53(37-38-67-61)50-34-32-49(33-35-50)47-19-5-1-6-20-47/h2-4,7-12,15-16,21-38,40-45,47,70H,1,5-6,13-14,17-20,39H2/i39D2. The van der Waals surface area contributed by atoms with Crippen LogP contribution in [0.2, 0.25) is 0 Å². The Hall–Kier alpha value is -7.82. The van der Waals surface area contributed by atoms with Crippen LogP contribution in [0.15, 0.2) is 206 Å². The molecule has 2 aromatic heterocycles. The van der Waals surface area contributed by atoms with E-state index in [-0.39, 0.29) is 11.7 Å². The third-order valence-electron chi connectivity index (χ3n) is 14.8. The van der Waals surface area contributed by atoms with Gasteiger partial charge in [0.05, 0.1) is 28.0 Å². The first-order valence-corrected chi connectivity index (χ1v) is 25.2. The van der Waals surface area contributed by atoms with E-state index in [9.17, 15) is 7.85 Å². The summed E-state index contributed by atoms with van der Waals surface area (Å²) < 4.78 is 21.2. The number of rotatable bonds is 11. The van der Waals surface area contributed by atoms with E-state index in [1.807, 2.05) is 79.0 Å². The van der Waals surface area contributed by atoms with E-state index in [1.165, 1.54) is 43.2 Å². The Morgan fingerprint density at radius 3 is 1.83 bits per heavy atom. The van der Waals surface area contributed by atoms with Gasteiger partial charge in [-0.25, -0.2) is 4.98 Å². The first-order valence-electron chi connectivity index (χ1n) is 26.2.